The molecule has 18 heavy (non-hydrogen) atoms. The fraction of sp³-hybridized carbons (Fsp3) is 0.200. The Labute approximate surface area is 106 Å². The molecule has 0 spiro atoms. The maximum atomic E-state index is 13.0. The first-order valence-corrected chi connectivity index (χ1v) is 5.86. The molecule has 0 atom stereocenters. The zero-order valence-corrected chi connectivity index (χ0v) is 10.3. The molecule has 2 rings (SSSR count). The van der Waals surface area contributed by atoms with Crippen LogP contribution in [0, 0.1) is 12.7 Å². The lowest BCUT2D eigenvalue weighted by atomic mass is 10.1. The van der Waals surface area contributed by atoms with E-state index >= 15 is 0 Å². The number of ether oxygens (including phenoxy) is 1. The van der Waals surface area contributed by atoms with Gasteiger partial charge in [-0.05, 0) is 35.7 Å². The topological polar surface area (TPSA) is 35.2 Å². The summed E-state index contributed by atoms with van der Waals surface area (Å²) in [6.07, 6.45) is 0. The molecule has 0 saturated heterocycles. The molecule has 2 nitrogen and oxygen atoms in total. The normalized spacial score (nSPS) is 10.4. The van der Waals surface area contributed by atoms with Crippen LogP contribution < -0.4 is 10.5 Å². The first kappa shape index (κ1) is 12.6. The molecule has 0 radical (unpaired) electrons. The van der Waals surface area contributed by atoms with E-state index < -0.39 is 0 Å². The van der Waals surface area contributed by atoms with E-state index in [-0.39, 0.29) is 5.82 Å². The van der Waals surface area contributed by atoms with Crippen molar-refractivity contribution in [1.82, 2.24) is 0 Å². The standard InChI is InChI=1S/C15H16FNO/c1-11-7-12(9-17)5-6-13(11)10-18-15-4-2-3-14(16)8-15/h2-8H,9-10,17H2,1H3. The van der Waals surface area contributed by atoms with Gasteiger partial charge in [-0.15, -0.1) is 0 Å². The molecule has 0 amide bonds. The molecule has 2 aromatic carbocycles. The third-order valence-electron chi connectivity index (χ3n) is 2.83. The van der Waals surface area contributed by atoms with Gasteiger partial charge in [0, 0.05) is 12.6 Å². The summed E-state index contributed by atoms with van der Waals surface area (Å²) >= 11 is 0. The summed E-state index contributed by atoms with van der Waals surface area (Å²) in [5.74, 6) is 0.250. The van der Waals surface area contributed by atoms with Crippen LogP contribution in [-0.2, 0) is 13.2 Å². The average molecular weight is 245 g/mol. The fourth-order valence-electron chi connectivity index (χ4n) is 1.76. The molecule has 0 unspecified atom stereocenters. The highest BCUT2D eigenvalue weighted by atomic mass is 19.1. The van der Waals surface area contributed by atoms with Gasteiger partial charge in [0.15, 0.2) is 0 Å². The zero-order valence-electron chi connectivity index (χ0n) is 10.3. The SMILES string of the molecule is Cc1cc(CN)ccc1COc1cccc(F)c1. The molecule has 0 aromatic heterocycles. The summed E-state index contributed by atoms with van der Waals surface area (Å²) < 4.78 is 18.5. The smallest absolute Gasteiger partial charge is 0.126 e. The molecular formula is C15H16FNO. The molecule has 2 aromatic rings. The molecule has 0 fully saturated rings. The highest BCUT2D eigenvalue weighted by Gasteiger charge is 2.02. The molecule has 94 valence electrons. The van der Waals surface area contributed by atoms with Crippen LogP contribution in [0.2, 0.25) is 0 Å². The second-order valence-electron chi connectivity index (χ2n) is 4.21. The highest BCUT2D eigenvalue weighted by Crippen LogP contribution is 2.16. The van der Waals surface area contributed by atoms with Gasteiger partial charge < -0.3 is 10.5 Å². The Morgan fingerprint density at radius 2 is 2.00 bits per heavy atom. The molecule has 0 bridgehead atoms. The highest BCUT2D eigenvalue weighted by molar-refractivity contribution is 5.31. The van der Waals surface area contributed by atoms with Crippen LogP contribution in [0.1, 0.15) is 16.7 Å². The summed E-state index contributed by atoms with van der Waals surface area (Å²) in [6, 6.07) is 12.2. The Morgan fingerprint density at radius 1 is 1.17 bits per heavy atom. The minimum absolute atomic E-state index is 0.289. The predicted molar refractivity (Wildman–Crippen MR) is 69.8 cm³/mol. The van der Waals surface area contributed by atoms with E-state index in [0.717, 1.165) is 16.7 Å². The van der Waals surface area contributed by atoms with E-state index in [4.69, 9.17) is 10.5 Å². The number of aryl methyl sites for hydroxylation is 1. The molecule has 0 saturated carbocycles. The molecule has 0 heterocycles. The minimum Gasteiger partial charge on any atom is -0.489 e. The van der Waals surface area contributed by atoms with Gasteiger partial charge in [-0.25, -0.2) is 4.39 Å². The van der Waals surface area contributed by atoms with E-state index in [2.05, 4.69) is 0 Å². The molecule has 0 aliphatic carbocycles. The van der Waals surface area contributed by atoms with Crippen molar-refractivity contribution in [1.29, 1.82) is 0 Å². The molecule has 0 aliphatic heterocycles. The van der Waals surface area contributed by atoms with Crippen LogP contribution in [0.15, 0.2) is 42.5 Å². The van der Waals surface area contributed by atoms with Crippen LogP contribution in [0.4, 0.5) is 4.39 Å². The number of hydrogen-bond donors (Lipinski definition) is 1. The third kappa shape index (κ3) is 3.08. The summed E-state index contributed by atoms with van der Waals surface area (Å²) in [6.45, 7) is 2.98. The van der Waals surface area contributed by atoms with Crippen LogP contribution >= 0.6 is 0 Å². The Morgan fingerprint density at radius 3 is 2.67 bits per heavy atom. The van der Waals surface area contributed by atoms with E-state index in [0.29, 0.717) is 18.9 Å². The molecule has 3 heteroatoms. The van der Waals surface area contributed by atoms with Crippen molar-refractivity contribution in [2.45, 2.75) is 20.1 Å². The van der Waals surface area contributed by atoms with E-state index in [1.807, 2.05) is 25.1 Å². The predicted octanol–water partition coefficient (Wildman–Crippen LogP) is 3.17. The first-order valence-electron chi connectivity index (χ1n) is 5.86. The number of nitrogens with two attached hydrogens (primary N) is 1. The summed E-state index contributed by atoms with van der Waals surface area (Å²) in [7, 11) is 0. The van der Waals surface area contributed by atoms with Crippen molar-refractivity contribution < 1.29 is 9.13 Å². The maximum absolute atomic E-state index is 13.0. The Bertz CT molecular complexity index is 540. The number of benzene rings is 2. The zero-order chi connectivity index (χ0) is 13.0. The lowest BCUT2D eigenvalue weighted by Crippen LogP contribution is -2.01. The van der Waals surface area contributed by atoms with Crippen LogP contribution in [-0.4, -0.2) is 0 Å². The third-order valence-corrected chi connectivity index (χ3v) is 2.83. The van der Waals surface area contributed by atoms with Gasteiger partial charge in [-0.1, -0.05) is 24.3 Å². The van der Waals surface area contributed by atoms with Gasteiger partial charge in [0.25, 0.3) is 0 Å². The van der Waals surface area contributed by atoms with Gasteiger partial charge in [-0.2, -0.15) is 0 Å². The number of halogens is 1. The Balaban J connectivity index is 2.06. The fourth-order valence-corrected chi connectivity index (χ4v) is 1.76. The van der Waals surface area contributed by atoms with Crippen molar-refractivity contribution in [2.24, 2.45) is 5.73 Å². The van der Waals surface area contributed by atoms with Gasteiger partial charge in [0.1, 0.15) is 18.2 Å². The van der Waals surface area contributed by atoms with Crippen molar-refractivity contribution in [3.8, 4) is 5.75 Å². The summed E-state index contributed by atoms with van der Waals surface area (Å²) in [5, 5.41) is 0. The maximum Gasteiger partial charge on any atom is 0.126 e. The van der Waals surface area contributed by atoms with Crippen molar-refractivity contribution in [3.63, 3.8) is 0 Å². The molecule has 0 aliphatic rings. The van der Waals surface area contributed by atoms with Crippen LogP contribution in [0.3, 0.4) is 0 Å². The van der Waals surface area contributed by atoms with E-state index in [9.17, 15) is 4.39 Å². The largest absolute Gasteiger partial charge is 0.489 e. The second-order valence-corrected chi connectivity index (χ2v) is 4.21. The lowest BCUT2D eigenvalue weighted by molar-refractivity contribution is 0.304. The number of rotatable bonds is 4. The molecule has 2 N–H and O–H groups in total. The van der Waals surface area contributed by atoms with Gasteiger partial charge in [0.2, 0.25) is 0 Å². The van der Waals surface area contributed by atoms with E-state index in [1.54, 1.807) is 12.1 Å². The van der Waals surface area contributed by atoms with Gasteiger partial charge in [-0.3, -0.25) is 0 Å². The van der Waals surface area contributed by atoms with E-state index in [1.165, 1.54) is 12.1 Å². The lowest BCUT2D eigenvalue weighted by Gasteiger charge is -2.10. The van der Waals surface area contributed by atoms with Gasteiger partial charge in [0.05, 0.1) is 0 Å². The Kier molecular flexibility index (Phi) is 3.95. The van der Waals surface area contributed by atoms with Crippen molar-refractivity contribution >= 4 is 0 Å². The average Bonchev–Trinajstić information content (AvgIpc) is 2.37. The number of hydrogen-bond acceptors (Lipinski definition) is 2. The van der Waals surface area contributed by atoms with Crippen molar-refractivity contribution in [2.75, 3.05) is 0 Å². The van der Waals surface area contributed by atoms with Crippen LogP contribution in [0.25, 0.3) is 0 Å². The second kappa shape index (κ2) is 5.65. The molecular weight excluding hydrogens is 229 g/mol. The summed E-state index contributed by atoms with van der Waals surface area (Å²) in [4.78, 5) is 0. The minimum atomic E-state index is -0.289. The summed E-state index contributed by atoms with van der Waals surface area (Å²) in [5.41, 5.74) is 8.89. The van der Waals surface area contributed by atoms with Crippen molar-refractivity contribution in [3.05, 3.63) is 65.0 Å². The quantitative estimate of drug-likeness (QED) is 0.898. The first-order chi connectivity index (χ1) is 8.69. The van der Waals surface area contributed by atoms with Gasteiger partial charge >= 0.3 is 0 Å². The monoisotopic (exact) mass is 245 g/mol. The Hall–Kier alpha value is -1.87. The van der Waals surface area contributed by atoms with Crippen LogP contribution in [0.5, 0.6) is 5.75 Å².